The van der Waals surface area contributed by atoms with Gasteiger partial charge in [-0.05, 0) is 30.3 Å². The summed E-state index contributed by atoms with van der Waals surface area (Å²) in [6.07, 6.45) is 3.47. The third-order valence-electron chi connectivity index (χ3n) is 3.07. The highest BCUT2D eigenvalue weighted by Crippen LogP contribution is 2.35. The van der Waals surface area contributed by atoms with Crippen LogP contribution in [0.4, 0.5) is 17.1 Å². The first-order chi connectivity index (χ1) is 9.66. The van der Waals surface area contributed by atoms with Crippen LogP contribution in [0, 0.1) is 0 Å². The summed E-state index contributed by atoms with van der Waals surface area (Å²) in [5.74, 6) is 0. The summed E-state index contributed by atoms with van der Waals surface area (Å²) < 4.78 is 0. The summed E-state index contributed by atoms with van der Waals surface area (Å²) >= 11 is 12.2. The molecule has 0 fully saturated rings. The molecule has 3 rings (SSSR count). The van der Waals surface area contributed by atoms with Crippen molar-refractivity contribution in [1.29, 1.82) is 0 Å². The molecule has 0 radical (unpaired) electrons. The molecule has 0 spiro atoms. The van der Waals surface area contributed by atoms with Crippen LogP contribution in [0.15, 0.2) is 48.8 Å². The van der Waals surface area contributed by atoms with Crippen LogP contribution in [0.2, 0.25) is 10.0 Å². The molecule has 3 N–H and O–H groups in total. The number of hydrogen-bond acceptors (Lipinski definition) is 3. The fourth-order valence-corrected chi connectivity index (χ4v) is 2.41. The van der Waals surface area contributed by atoms with Gasteiger partial charge in [0.2, 0.25) is 0 Å². The zero-order chi connectivity index (χ0) is 14.1. The number of benzene rings is 2. The molecule has 2 aromatic carbocycles. The molecule has 5 heteroatoms. The van der Waals surface area contributed by atoms with Gasteiger partial charge in [-0.25, -0.2) is 0 Å². The number of rotatable bonds is 2. The normalized spacial score (nSPS) is 10.7. The van der Waals surface area contributed by atoms with Gasteiger partial charge in [0.25, 0.3) is 0 Å². The quantitative estimate of drug-likeness (QED) is 0.664. The second-order valence-electron chi connectivity index (χ2n) is 4.35. The minimum absolute atomic E-state index is 0.494. The molecule has 0 aliphatic carbocycles. The van der Waals surface area contributed by atoms with Crippen LogP contribution >= 0.6 is 23.2 Å². The third kappa shape index (κ3) is 2.26. The van der Waals surface area contributed by atoms with Crippen molar-refractivity contribution in [2.45, 2.75) is 0 Å². The molecule has 1 heterocycles. The molecule has 0 unspecified atom stereocenters. The maximum Gasteiger partial charge on any atom is 0.0827 e. The van der Waals surface area contributed by atoms with Crippen molar-refractivity contribution in [3.63, 3.8) is 0 Å². The number of aromatic nitrogens is 1. The van der Waals surface area contributed by atoms with E-state index in [9.17, 15) is 0 Å². The van der Waals surface area contributed by atoms with E-state index < -0.39 is 0 Å². The zero-order valence-corrected chi connectivity index (χ0v) is 11.9. The molecule has 100 valence electrons. The molecule has 0 saturated carbocycles. The Morgan fingerprint density at radius 3 is 2.65 bits per heavy atom. The molecule has 0 atom stereocenters. The predicted molar refractivity (Wildman–Crippen MR) is 85.9 cm³/mol. The number of nitrogen functional groups attached to an aromatic ring is 1. The van der Waals surface area contributed by atoms with Gasteiger partial charge < -0.3 is 11.1 Å². The highest BCUT2D eigenvalue weighted by atomic mass is 35.5. The summed E-state index contributed by atoms with van der Waals surface area (Å²) in [5, 5.41) is 6.17. The van der Waals surface area contributed by atoms with Gasteiger partial charge in [0, 0.05) is 34.5 Å². The van der Waals surface area contributed by atoms with E-state index in [1.165, 1.54) is 0 Å². The second kappa shape index (κ2) is 5.19. The molecule has 1 aromatic heterocycles. The topological polar surface area (TPSA) is 50.9 Å². The van der Waals surface area contributed by atoms with Crippen LogP contribution < -0.4 is 11.1 Å². The third-order valence-corrected chi connectivity index (χ3v) is 3.89. The lowest BCUT2D eigenvalue weighted by atomic mass is 10.1. The average Bonchev–Trinajstić information content (AvgIpc) is 2.47. The Hall–Kier alpha value is -1.97. The van der Waals surface area contributed by atoms with Gasteiger partial charge in [0.15, 0.2) is 0 Å². The van der Waals surface area contributed by atoms with E-state index in [-0.39, 0.29) is 0 Å². The molecular formula is C15H11Cl2N3. The Bertz CT molecular complexity index is 787. The zero-order valence-electron chi connectivity index (χ0n) is 10.4. The molecule has 20 heavy (non-hydrogen) atoms. The number of hydrogen-bond donors (Lipinski definition) is 2. The van der Waals surface area contributed by atoms with Crippen molar-refractivity contribution in [1.82, 2.24) is 4.98 Å². The second-order valence-corrected chi connectivity index (χ2v) is 5.14. The van der Waals surface area contributed by atoms with Crippen LogP contribution in [-0.2, 0) is 0 Å². The smallest absolute Gasteiger partial charge is 0.0827 e. The standard InChI is InChI=1S/C15H11Cl2N3/c16-11-2-1-3-14(15(11)17)20-13-5-4-12(18)10-8-19-7-6-9(10)13/h1-8,20H,18H2. The van der Waals surface area contributed by atoms with Gasteiger partial charge in [-0.3, -0.25) is 4.98 Å². The van der Waals surface area contributed by atoms with Gasteiger partial charge in [-0.1, -0.05) is 29.3 Å². The van der Waals surface area contributed by atoms with Crippen LogP contribution in [0.5, 0.6) is 0 Å². The highest BCUT2D eigenvalue weighted by molar-refractivity contribution is 6.43. The van der Waals surface area contributed by atoms with E-state index in [1.54, 1.807) is 18.5 Å². The maximum atomic E-state index is 6.19. The van der Waals surface area contributed by atoms with Crippen LogP contribution in [0.25, 0.3) is 10.8 Å². The van der Waals surface area contributed by atoms with Crippen molar-refractivity contribution < 1.29 is 0 Å². The molecular weight excluding hydrogens is 293 g/mol. The Labute approximate surface area is 126 Å². The number of fused-ring (bicyclic) bond motifs is 1. The fourth-order valence-electron chi connectivity index (χ4n) is 2.07. The van der Waals surface area contributed by atoms with Gasteiger partial charge in [-0.2, -0.15) is 0 Å². The van der Waals surface area contributed by atoms with Crippen LogP contribution in [0.1, 0.15) is 0 Å². The molecule has 0 bridgehead atoms. The highest BCUT2D eigenvalue weighted by Gasteiger charge is 2.08. The first-order valence-electron chi connectivity index (χ1n) is 6.00. The largest absolute Gasteiger partial charge is 0.398 e. The predicted octanol–water partition coefficient (Wildman–Crippen LogP) is 4.87. The molecule has 0 aliphatic rings. The summed E-state index contributed by atoms with van der Waals surface area (Å²) in [4.78, 5) is 4.10. The molecule has 0 saturated heterocycles. The summed E-state index contributed by atoms with van der Waals surface area (Å²) in [7, 11) is 0. The summed E-state index contributed by atoms with van der Waals surface area (Å²) in [6, 6.07) is 11.1. The number of nitrogens with zero attached hydrogens (tertiary/aromatic N) is 1. The maximum absolute atomic E-state index is 6.19. The Morgan fingerprint density at radius 2 is 1.80 bits per heavy atom. The summed E-state index contributed by atoms with van der Waals surface area (Å²) in [5.41, 5.74) is 8.30. The van der Waals surface area contributed by atoms with E-state index in [2.05, 4.69) is 10.3 Å². The molecule has 3 nitrogen and oxygen atoms in total. The molecule has 0 amide bonds. The fraction of sp³-hybridized carbons (Fsp3) is 0. The van der Waals surface area contributed by atoms with Gasteiger partial charge in [0.05, 0.1) is 15.7 Å². The first kappa shape index (κ1) is 13.0. The van der Waals surface area contributed by atoms with Crippen LogP contribution in [0.3, 0.4) is 0 Å². The number of nitrogens with one attached hydrogen (secondary N) is 1. The van der Waals surface area contributed by atoms with Crippen molar-refractivity contribution in [3.8, 4) is 0 Å². The lowest BCUT2D eigenvalue weighted by Crippen LogP contribution is -1.95. The van der Waals surface area contributed by atoms with Crippen molar-refractivity contribution in [2.24, 2.45) is 0 Å². The SMILES string of the molecule is Nc1ccc(Nc2cccc(Cl)c2Cl)c2ccncc12. The van der Waals surface area contributed by atoms with E-state index >= 15 is 0 Å². The minimum atomic E-state index is 0.494. The first-order valence-corrected chi connectivity index (χ1v) is 6.75. The Morgan fingerprint density at radius 1 is 0.950 bits per heavy atom. The van der Waals surface area contributed by atoms with Crippen molar-refractivity contribution in [3.05, 3.63) is 58.8 Å². The van der Waals surface area contributed by atoms with Gasteiger partial charge >= 0.3 is 0 Å². The lowest BCUT2D eigenvalue weighted by molar-refractivity contribution is 1.36. The van der Waals surface area contributed by atoms with E-state index in [1.807, 2.05) is 30.3 Å². The molecule has 0 aliphatic heterocycles. The van der Waals surface area contributed by atoms with Crippen molar-refractivity contribution >= 4 is 51.0 Å². The van der Waals surface area contributed by atoms with Gasteiger partial charge in [0.1, 0.15) is 0 Å². The number of nitrogens with two attached hydrogens (primary N) is 1. The average molecular weight is 304 g/mol. The van der Waals surface area contributed by atoms with Crippen LogP contribution in [-0.4, -0.2) is 4.98 Å². The van der Waals surface area contributed by atoms with E-state index in [4.69, 9.17) is 28.9 Å². The Kier molecular flexibility index (Phi) is 3.38. The number of anilines is 3. The minimum Gasteiger partial charge on any atom is -0.398 e. The van der Waals surface area contributed by atoms with Gasteiger partial charge in [-0.15, -0.1) is 0 Å². The van der Waals surface area contributed by atoms with E-state index in [0.29, 0.717) is 15.7 Å². The van der Waals surface area contributed by atoms with E-state index in [0.717, 1.165) is 22.1 Å². The monoisotopic (exact) mass is 303 g/mol. The molecule has 3 aromatic rings. The summed E-state index contributed by atoms with van der Waals surface area (Å²) in [6.45, 7) is 0. The lowest BCUT2D eigenvalue weighted by Gasteiger charge is -2.12. The number of pyridine rings is 1. The Balaban J connectivity index is 2.12. The van der Waals surface area contributed by atoms with Crippen molar-refractivity contribution in [2.75, 3.05) is 11.1 Å². The number of halogens is 2.